The summed E-state index contributed by atoms with van der Waals surface area (Å²) in [6, 6.07) is 11.5. The molecule has 102 valence electrons. The van der Waals surface area contributed by atoms with Crippen LogP contribution in [-0.2, 0) is 0 Å². The molecular weight excluding hydrogens is 322 g/mol. The number of carbonyl (C=O) groups is 2. The molecule has 0 saturated heterocycles. The highest BCUT2D eigenvalue weighted by Crippen LogP contribution is 2.20. The van der Waals surface area contributed by atoms with Crippen LogP contribution in [0.4, 0.5) is 5.69 Å². The molecule has 0 fully saturated rings. The lowest BCUT2D eigenvalue weighted by Crippen LogP contribution is -2.12. The molecule has 0 heterocycles. The summed E-state index contributed by atoms with van der Waals surface area (Å²) in [6.07, 6.45) is 0. The number of amides is 1. The Morgan fingerprint density at radius 1 is 1.10 bits per heavy atom. The van der Waals surface area contributed by atoms with Crippen LogP contribution in [0.25, 0.3) is 0 Å². The molecule has 4 nitrogen and oxygen atoms in total. The van der Waals surface area contributed by atoms with Crippen molar-refractivity contribution in [2.24, 2.45) is 0 Å². The maximum atomic E-state index is 12.1. The van der Waals surface area contributed by atoms with Crippen molar-refractivity contribution in [2.75, 3.05) is 5.32 Å². The second-order valence-corrected chi connectivity index (χ2v) is 5.17. The third-order valence-corrected chi connectivity index (χ3v) is 3.42. The first kappa shape index (κ1) is 14.3. The topological polar surface area (TPSA) is 66.4 Å². The Morgan fingerprint density at radius 3 is 2.30 bits per heavy atom. The molecule has 2 aromatic rings. The molecule has 0 atom stereocenters. The van der Waals surface area contributed by atoms with Crippen molar-refractivity contribution in [3.05, 3.63) is 63.6 Å². The van der Waals surface area contributed by atoms with Gasteiger partial charge >= 0.3 is 5.97 Å². The number of aromatic carboxylic acids is 1. The number of rotatable bonds is 3. The Morgan fingerprint density at radius 2 is 1.75 bits per heavy atom. The van der Waals surface area contributed by atoms with Gasteiger partial charge in [0.25, 0.3) is 5.91 Å². The SMILES string of the molecule is Cc1ccc(C(=O)Nc2ccc(C(=O)O)cc2)c(Br)c1. The van der Waals surface area contributed by atoms with Gasteiger partial charge in [-0.05, 0) is 64.8 Å². The maximum Gasteiger partial charge on any atom is 0.335 e. The van der Waals surface area contributed by atoms with E-state index in [4.69, 9.17) is 5.11 Å². The Kier molecular flexibility index (Phi) is 4.20. The predicted molar refractivity (Wildman–Crippen MR) is 80.2 cm³/mol. The molecule has 2 aromatic carbocycles. The Balaban J connectivity index is 2.17. The van der Waals surface area contributed by atoms with Gasteiger partial charge in [-0.2, -0.15) is 0 Å². The summed E-state index contributed by atoms with van der Waals surface area (Å²) in [4.78, 5) is 22.8. The van der Waals surface area contributed by atoms with Crippen LogP contribution in [0.15, 0.2) is 46.9 Å². The standard InChI is InChI=1S/C15H12BrNO3/c1-9-2-7-12(13(16)8-9)14(18)17-11-5-3-10(4-6-11)15(19)20/h2-8H,1H3,(H,17,18)(H,19,20). The average Bonchev–Trinajstić information content (AvgIpc) is 2.39. The minimum atomic E-state index is -0.996. The molecule has 0 radical (unpaired) electrons. The number of benzene rings is 2. The van der Waals surface area contributed by atoms with Crippen molar-refractivity contribution in [1.29, 1.82) is 0 Å². The van der Waals surface area contributed by atoms with E-state index in [0.29, 0.717) is 11.3 Å². The number of carbonyl (C=O) groups excluding carboxylic acids is 1. The van der Waals surface area contributed by atoms with E-state index in [1.54, 1.807) is 18.2 Å². The predicted octanol–water partition coefficient (Wildman–Crippen LogP) is 3.71. The third-order valence-electron chi connectivity index (χ3n) is 2.76. The fourth-order valence-electron chi connectivity index (χ4n) is 1.70. The van der Waals surface area contributed by atoms with Gasteiger partial charge < -0.3 is 10.4 Å². The summed E-state index contributed by atoms with van der Waals surface area (Å²) >= 11 is 3.35. The molecule has 1 amide bonds. The quantitative estimate of drug-likeness (QED) is 0.899. The molecule has 2 rings (SSSR count). The van der Waals surface area contributed by atoms with Crippen LogP contribution in [0.2, 0.25) is 0 Å². The van der Waals surface area contributed by atoms with Crippen LogP contribution in [-0.4, -0.2) is 17.0 Å². The largest absolute Gasteiger partial charge is 0.478 e. The van der Waals surface area contributed by atoms with Crippen molar-refractivity contribution < 1.29 is 14.7 Å². The smallest absolute Gasteiger partial charge is 0.335 e. The minimum Gasteiger partial charge on any atom is -0.478 e. The van der Waals surface area contributed by atoms with Gasteiger partial charge in [0.15, 0.2) is 0 Å². The first-order valence-corrected chi connectivity index (χ1v) is 6.67. The number of carboxylic acid groups (broad SMARTS) is 1. The van der Waals surface area contributed by atoms with Crippen LogP contribution in [0, 0.1) is 6.92 Å². The van der Waals surface area contributed by atoms with Crippen LogP contribution in [0.3, 0.4) is 0 Å². The second kappa shape index (κ2) is 5.88. The lowest BCUT2D eigenvalue weighted by Gasteiger charge is -2.07. The number of halogens is 1. The van der Waals surface area contributed by atoms with Crippen LogP contribution >= 0.6 is 15.9 Å². The molecule has 0 aromatic heterocycles. The van der Waals surface area contributed by atoms with Gasteiger partial charge in [0.2, 0.25) is 0 Å². The number of hydrogen-bond donors (Lipinski definition) is 2. The first-order valence-electron chi connectivity index (χ1n) is 5.88. The van der Waals surface area contributed by atoms with Crippen LogP contribution in [0.5, 0.6) is 0 Å². The molecule has 0 aliphatic rings. The van der Waals surface area contributed by atoms with Crippen molar-refractivity contribution in [1.82, 2.24) is 0 Å². The maximum absolute atomic E-state index is 12.1. The second-order valence-electron chi connectivity index (χ2n) is 4.32. The molecule has 2 N–H and O–H groups in total. The number of nitrogens with one attached hydrogen (secondary N) is 1. The Hall–Kier alpha value is -2.14. The summed E-state index contributed by atoms with van der Waals surface area (Å²) in [6.45, 7) is 1.94. The molecule has 0 saturated carbocycles. The van der Waals surface area contributed by atoms with Gasteiger partial charge in [0.1, 0.15) is 0 Å². The summed E-state index contributed by atoms with van der Waals surface area (Å²) in [5, 5.41) is 11.5. The third kappa shape index (κ3) is 3.24. The lowest BCUT2D eigenvalue weighted by atomic mass is 10.1. The van der Waals surface area contributed by atoms with E-state index in [2.05, 4.69) is 21.2 Å². The van der Waals surface area contributed by atoms with Crippen molar-refractivity contribution in [3.63, 3.8) is 0 Å². The van der Waals surface area contributed by atoms with E-state index in [-0.39, 0.29) is 11.5 Å². The molecule has 0 aliphatic carbocycles. The number of hydrogen-bond acceptors (Lipinski definition) is 2. The van der Waals surface area contributed by atoms with Crippen LogP contribution in [0.1, 0.15) is 26.3 Å². The first-order chi connectivity index (χ1) is 9.47. The highest BCUT2D eigenvalue weighted by Gasteiger charge is 2.10. The molecular formula is C15H12BrNO3. The van der Waals surface area contributed by atoms with E-state index < -0.39 is 5.97 Å². The van der Waals surface area contributed by atoms with Gasteiger partial charge in [-0.15, -0.1) is 0 Å². The van der Waals surface area contributed by atoms with Gasteiger partial charge in [0.05, 0.1) is 11.1 Å². The van der Waals surface area contributed by atoms with Gasteiger partial charge in [0, 0.05) is 10.2 Å². The molecule has 0 aliphatic heterocycles. The van der Waals surface area contributed by atoms with Gasteiger partial charge in [-0.1, -0.05) is 6.07 Å². The summed E-state index contributed by atoms with van der Waals surface area (Å²) in [7, 11) is 0. The zero-order valence-corrected chi connectivity index (χ0v) is 12.3. The molecule has 5 heteroatoms. The highest BCUT2D eigenvalue weighted by molar-refractivity contribution is 9.10. The molecule has 0 spiro atoms. The Labute approximate surface area is 124 Å². The fourth-order valence-corrected chi connectivity index (χ4v) is 2.37. The average molecular weight is 334 g/mol. The lowest BCUT2D eigenvalue weighted by molar-refractivity contribution is 0.0696. The van der Waals surface area contributed by atoms with Gasteiger partial charge in [-0.25, -0.2) is 4.79 Å². The van der Waals surface area contributed by atoms with E-state index in [0.717, 1.165) is 10.0 Å². The van der Waals surface area contributed by atoms with Gasteiger partial charge in [-0.3, -0.25) is 4.79 Å². The number of aryl methyl sites for hydroxylation is 1. The zero-order chi connectivity index (χ0) is 14.7. The van der Waals surface area contributed by atoms with E-state index in [1.807, 2.05) is 19.1 Å². The van der Waals surface area contributed by atoms with E-state index in [1.165, 1.54) is 12.1 Å². The summed E-state index contributed by atoms with van der Waals surface area (Å²) in [5.41, 5.74) is 2.31. The van der Waals surface area contributed by atoms with Crippen molar-refractivity contribution in [2.45, 2.75) is 6.92 Å². The van der Waals surface area contributed by atoms with Crippen molar-refractivity contribution in [3.8, 4) is 0 Å². The van der Waals surface area contributed by atoms with Crippen LogP contribution < -0.4 is 5.32 Å². The fraction of sp³-hybridized carbons (Fsp3) is 0.0667. The highest BCUT2D eigenvalue weighted by atomic mass is 79.9. The number of anilines is 1. The molecule has 0 bridgehead atoms. The molecule has 20 heavy (non-hydrogen) atoms. The van der Waals surface area contributed by atoms with E-state index in [9.17, 15) is 9.59 Å². The van der Waals surface area contributed by atoms with Crippen molar-refractivity contribution >= 4 is 33.5 Å². The Bertz CT molecular complexity index is 665. The summed E-state index contributed by atoms with van der Waals surface area (Å²) in [5.74, 6) is -1.25. The van der Waals surface area contributed by atoms with E-state index >= 15 is 0 Å². The minimum absolute atomic E-state index is 0.180. The number of carboxylic acids is 1. The summed E-state index contributed by atoms with van der Waals surface area (Å²) < 4.78 is 0.720. The zero-order valence-electron chi connectivity index (χ0n) is 10.7. The monoisotopic (exact) mass is 333 g/mol. The normalized spacial score (nSPS) is 10.1. The molecule has 0 unspecified atom stereocenters.